The summed E-state index contributed by atoms with van der Waals surface area (Å²) in [6.07, 6.45) is 1.89. The molecule has 0 spiro atoms. The Labute approximate surface area is 114 Å². The van der Waals surface area contributed by atoms with Crippen LogP contribution in [0.1, 0.15) is 25.6 Å². The van der Waals surface area contributed by atoms with Gasteiger partial charge in [0, 0.05) is 12.6 Å². The number of hydrogen-bond acceptors (Lipinski definition) is 5. The molecule has 1 aliphatic heterocycles. The molecule has 0 radical (unpaired) electrons. The highest BCUT2D eigenvalue weighted by molar-refractivity contribution is 5.46. The van der Waals surface area contributed by atoms with Crippen molar-refractivity contribution in [2.45, 2.75) is 25.9 Å². The van der Waals surface area contributed by atoms with Gasteiger partial charge in [0.25, 0.3) is 0 Å². The maximum absolute atomic E-state index is 9.38. The fraction of sp³-hybridized carbons (Fsp3) is 0.643. The maximum Gasteiger partial charge on any atom is 0.0756 e. The Morgan fingerprint density at radius 2 is 2.42 bits per heavy atom. The van der Waals surface area contributed by atoms with Crippen LogP contribution in [-0.2, 0) is 4.74 Å². The minimum Gasteiger partial charge on any atom is -0.394 e. The van der Waals surface area contributed by atoms with Crippen LogP contribution in [0.2, 0.25) is 0 Å². The Bertz CT molecular complexity index is 383. The van der Waals surface area contributed by atoms with Crippen molar-refractivity contribution in [3.63, 3.8) is 0 Å². The molecule has 0 saturated carbocycles. The van der Waals surface area contributed by atoms with Crippen LogP contribution in [0.5, 0.6) is 0 Å². The average molecular weight is 265 g/mol. The third kappa shape index (κ3) is 3.43. The van der Waals surface area contributed by atoms with Crippen molar-refractivity contribution in [1.29, 1.82) is 0 Å². The molecule has 1 saturated heterocycles. The van der Waals surface area contributed by atoms with Gasteiger partial charge in [-0.3, -0.25) is 4.98 Å². The Morgan fingerprint density at radius 1 is 1.58 bits per heavy atom. The lowest BCUT2D eigenvalue weighted by Gasteiger charge is -2.36. The van der Waals surface area contributed by atoms with Crippen molar-refractivity contribution < 1.29 is 9.84 Å². The van der Waals surface area contributed by atoms with Crippen LogP contribution in [0, 0.1) is 0 Å². The zero-order valence-corrected chi connectivity index (χ0v) is 11.7. The molecule has 5 heteroatoms. The minimum absolute atomic E-state index is 0.0348. The van der Waals surface area contributed by atoms with E-state index in [4.69, 9.17) is 4.74 Å². The summed E-state index contributed by atoms with van der Waals surface area (Å²) in [5.41, 5.74) is 2.09. The average Bonchev–Trinajstić information content (AvgIpc) is 2.47. The van der Waals surface area contributed by atoms with Crippen LogP contribution in [0.15, 0.2) is 18.3 Å². The number of aromatic nitrogens is 1. The van der Waals surface area contributed by atoms with Gasteiger partial charge in [-0.15, -0.1) is 0 Å². The van der Waals surface area contributed by atoms with Crippen LogP contribution < -0.4 is 10.2 Å². The quantitative estimate of drug-likeness (QED) is 0.830. The minimum atomic E-state index is 0.0348. The number of anilines is 1. The van der Waals surface area contributed by atoms with E-state index < -0.39 is 0 Å². The predicted molar refractivity (Wildman–Crippen MR) is 75.4 cm³/mol. The number of aliphatic hydroxyl groups excluding tert-OH is 1. The van der Waals surface area contributed by atoms with Gasteiger partial charge in [-0.1, -0.05) is 6.92 Å². The Morgan fingerprint density at radius 3 is 3.05 bits per heavy atom. The lowest BCUT2D eigenvalue weighted by molar-refractivity contribution is 0.0727. The van der Waals surface area contributed by atoms with E-state index in [0.29, 0.717) is 13.2 Å². The maximum atomic E-state index is 9.38. The predicted octanol–water partition coefficient (Wildman–Crippen LogP) is 0.950. The summed E-state index contributed by atoms with van der Waals surface area (Å²) in [7, 11) is 0. The largest absolute Gasteiger partial charge is 0.394 e. The molecule has 1 aromatic rings. The number of rotatable bonds is 5. The van der Waals surface area contributed by atoms with Crippen molar-refractivity contribution in [2.75, 3.05) is 37.8 Å². The number of nitrogens with one attached hydrogen (secondary N) is 1. The standard InChI is InChI=1S/C14H23N3O2/c1-3-15-11(2)14-5-4-12(8-16-14)17-6-7-19-10-13(17)9-18/h4-5,8,11,13,15,18H,3,6-7,9-10H2,1-2H3. The van der Waals surface area contributed by atoms with Crippen LogP contribution in [0.3, 0.4) is 0 Å². The molecule has 0 aliphatic carbocycles. The Kier molecular flexibility index (Phi) is 5.13. The number of ether oxygens (including phenoxy) is 1. The van der Waals surface area contributed by atoms with E-state index in [-0.39, 0.29) is 18.7 Å². The Balaban J connectivity index is 2.08. The third-order valence-corrected chi connectivity index (χ3v) is 3.49. The first-order chi connectivity index (χ1) is 9.26. The summed E-state index contributed by atoms with van der Waals surface area (Å²) in [6.45, 7) is 7.31. The van der Waals surface area contributed by atoms with E-state index in [1.54, 1.807) is 0 Å². The number of pyridine rings is 1. The van der Waals surface area contributed by atoms with Gasteiger partial charge in [0.1, 0.15) is 0 Å². The second-order valence-electron chi connectivity index (χ2n) is 4.83. The van der Waals surface area contributed by atoms with Gasteiger partial charge in [-0.2, -0.15) is 0 Å². The van der Waals surface area contributed by atoms with Crippen LogP contribution >= 0.6 is 0 Å². The summed E-state index contributed by atoms with van der Waals surface area (Å²) >= 11 is 0. The molecule has 1 aromatic heterocycles. The first-order valence-electron chi connectivity index (χ1n) is 6.90. The van der Waals surface area contributed by atoms with Gasteiger partial charge in [0.2, 0.25) is 0 Å². The molecule has 2 unspecified atom stereocenters. The highest BCUT2D eigenvalue weighted by Crippen LogP contribution is 2.20. The molecule has 0 amide bonds. The number of hydrogen-bond donors (Lipinski definition) is 2. The van der Waals surface area contributed by atoms with Crippen molar-refractivity contribution in [2.24, 2.45) is 0 Å². The van der Waals surface area contributed by atoms with Gasteiger partial charge < -0.3 is 20.1 Å². The van der Waals surface area contributed by atoms with Crippen molar-refractivity contribution in [3.8, 4) is 0 Å². The molecule has 2 atom stereocenters. The molecule has 0 bridgehead atoms. The second-order valence-corrected chi connectivity index (χ2v) is 4.83. The van der Waals surface area contributed by atoms with E-state index >= 15 is 0 Å². The molecule has 2 rings (SSSR count). The van der Waals surface area contributed by atoms with Gasteiger partial charge in [0.05, 0.1) is 43.4 Å². The number of nitrogens with zero attached hydrogens (tertiary/aromatic N) is 2. The summed E-state index contributed by atoms with van der Waals surface area (Å²) in [4.78, 5) is 6.68. The van der Waals surface area contributed by atoms with Gasteiger partial charge >= 0.3 is 0 Å². The zero-order valence-electron chi connectivity index (χ0n) is 11.7. The topological polar surface area (TPSA) is 57.6 Å². The molecule has 5 nitrogen and oxygen atoms in total. The second kappa shape index (κ2) is 6.84. The lowest BCUT2D eigenvalue weighted by atomic mass is 10.1. The highest BCUT2D eigenvalue weighted by Gasteiger charge is 2.22. The molecule has 106 valence electrons. The van der Waals surface area contributed by atoms with Crippen LogP contribution in [0.4, 0.5) is 5.69 Å². The molecule has 2 heterocycles. The molecule has 1 fully saturated rings. The first kappa shape index (κ1) is 14.2. The Hall–Kier alpha value is -1.17. The first-order valence-corrected chi connectivity index (χ1v) is 6.90. The van der Waals surface area contributed by atoms with E-state index in [9.17, 15) is 5.11 Å². The summed E-state index contributed by atoms with van der Waals surface area (Å²) < 4.78 is 5.39. The van der Waals surface area contributed by atoms with Gasteiger partial charge in [-0.25, -0.2) is 0 Å². The van der Waals surface area contributed by atoms with Gasteiger partial charge in [-0.05, 0) is 25.6 Å². The van der Waals surface area contributed by atoms with Gasteiger partial charge in [0.15, 0.2) is 0 Å². The lowest BCUT2D eigenvalue weighted by Crippen LogP contribution is -2.47. The number of morpholine rings is 1. The summed E-state index contributed by atoms with van der Waals surface area (Å²) in [6, 6.07) is 4.42. The zero-order chi connectivity index (χ0) is 13.7. The molecule has 1 aliphatic rings. The fourth-order valence-electron chi connectivity index (χ4n) is 2.38. The monoisotopic (exact) mass is 265 g/mol. The number of aliphatic hydroxyl groups is 1. The molecule has 2 N–H and O–H groups in total. The van der Waals surface area contributed by atoms with Crippen molar-refractivity contribution >= 4 is 5.69 Å². The smallest absolute Gasteiger partial charge is 0.0756 e. The SMILES string of the molecule is CCNC(C)c1ccc(N2CCOCC2CO)cn1. The van der Waals surface area contributed by atoms with Crippen molar-refractivity contribution in [3.05, 3.63) is 24.0 Å². The fourth-order valence-corrected chi connectivity index (χ4v) is 2.38. The summed E-state index contributed by atoms with van der Waals surface area (Å²) in [5, 5.41) is 12.7. The molecule has 19 heavy (non-hydrogen) atoms. The molecular formula is C14H23N3O2. The third-order valence-electron chi connectivity index (χ3n) is 3.49. The molecular weight excluding hydrogens is 242 g/mol. The van der Waals surface area contributed by atoms with Crippen molar-refractivity contribution in [1.82, 2.24) is 10.3 Å². The van der Waals surface area contributed by atoms with E-state index in [2.05, 4.69) is 35.1 Å². The summed E-state index contributed by atoms with van der Waals surface area (Å²) in [5.74, 6) is 0. The molecule has 0 aromatic carbocycles. The van der Waals surface area contributed by atoms with E-state index in [1.807, 2.05) is 12.3 Å². The normalized spacial score (nSPS) is 21.4. The van der Waals surface area contributed by atoms with E-state index in [1.165, 1.54) is 0 Å². The van der Waals surface area contributed by atoms with Crippen LogP contribution in [-0.4, -0.2) is 49.0 Å². The van der Waals surface area contributed by atoms with E-state index in [0.717, 1.165) is 24.5 Å². The highest BCUT2D eigenvalue weighted by atomic mass is 16.5. The van der Waals surface area contributed by atoms with Crippen LogP contribution in [0.25, 0.3) is 0 Å².